The number of fused-ring (bicyclic) bond motifs is 1. The number of amides is 1. The molecule has 8 nitrogen and oxygen atoms in total. The second-order valence-corrected chi connectivity index (χ2v) is 7.11. The molecule has 11 heteroatoms. The summed E-state index contributed by atoms with van der Waals surface area (Å²) in [5.74, 6) is -1.46. The average molecular weight is 462 g/mol. The summed E-state index contributed by atoms with van der Waals surface area (Å²) in [4.78, 5) is 20.8. The van der Waals surface area contributed by atoms with Crippen molar-refractivity contribution >= 4 is 45.8 Å². The van der Waals surface area contributed by atoms with Gasteiger partial charge in [0.05, 0.1) is 35.0 Å². The number of carbonyl (C=O) groups excluding carboxylic acids is 1. The zero-order valence-corrected chi connectivity index (χ0v) is 17.5. The van der Waals surface area contributed by atoms with Gasteiger partial charge in [-0.25, -0.2) is 14.4 Å². The standard InChI is InChI=1S/C20H14Cl2FN5O3/c1-30-20-12-6-11(8-25-18(12)27-28-20)26-19(29)16-13(21)3-4-14(17(16)23)31-9-10-2-5-15(22)24-7-10/h2-8H,9H2,1H3,(H,26,29)(H,25,27,28). The Kier molecular flexibility index (Phi) is 5.88. The number of hydrogen-bond donors (Lipinski definition) is 2. The van der Waals surface area contributed by atoms with Crippen LogP contribution in [-0.4, -0.2) is 33.2 Å². The first kappa shape index (κ1) is 20.8. The first-order valence-electron chi connectivity index (χ1n) is 8.87. The first-order chi connectivity index (χ1) is 15.0. The molecule has 1 amide bonds. The number of hydrogen-bond acceptors (Lipinski definition) is 6. The van der Waals surface area contributed by atoms with E-state index in [9.17, 15) is 4.79 Å². The number of ether oxygens (including phenoxy) is 2. The molecule has 3 aromatic heterocycles. The summed E-state index contributed by atoms with van der Waals surface area (Å²) < 4.78 is 25.6. The van der Waals surface area contributed by atoms with Crippen LogP contribution in [0.15, 0.2) is 42.7 Å². The Balaban J connectivity index is 1.56. The lowest BCUT2D eigenvalue weighted by Gasteiger charge is -2.12. The summed E-state index contributed by atoms with van der Waals surface area (Å²) in [6.07, 6.45) is 2.91. The minimum atomic E-state index is -0.887. The summed E-state index contributed by atoms with van der Waals surface area (Å²) in [6, 6.07) is 7.63. The molecule has 0 saturated carbocycles. The lowest BCUT2D eigenvalue weighted by Crippen LogP contribution is -2.15. The summed E-state index contributed by atoms with van der Waals surface area (Å²) in [6.45, 7) is 0.0324. The van der Waals surface area contributed by atoms with Crippen LogP contribution in [0.3, 0.4) is 0 Å². The van der Waals surface area contributed by atoms with Crippen LogP contribution < -0.4 is 14.8 Å². The Hall–Kier alpha value is -3.43. The van der Waals surface area contributed by atoms with Gasteiger partial charge in [-0.3, -0.25) is 9.89 Å². The molecule has 0 aliphatic rings. The van der Waals surface area contributed by atoms with Crippen molar-refractivity contribution in [2.24, 2.45) is 0 Å². The van der Waals surface area contributed by atoms with Gasteiger partial charge in [-0.05, 0) is 24.3 Å². The molecule has 0 fully saturated rings. The van der Waals surface area contributed by atoms with E-state index in [1.807, 2.05) is 0 Å². The van der Waals surface area contributed by atoms with Crippen LogP contribution in [0.25, 0.3) is 11.0 Å². The van der Waals surface area contributed by atoms with E-state index in [2.05, 4.69) is 25.5 Å². The predicted octanol–water partition coefficient (Wildman–Crippen LogP) is 4.64. The third kappa shape index (κ3) is 4.37. The second-order valence-electron chi connectivity index (χ2n) is 6.32. The fourth-order valence-electron chi connectivity index (χ4n) is 2.80. The van der Waals surface area contributed by atoms with Crippen molar-refractivity contribution in [1.82, 2.24) is 20.2 Å². The quantitative estimate of drug-likeness (QED) is 0.405. The average Bonchev–Trinajstić information content (AvgIpc) is 3.17. The van der Waals surface area contributed by atoms with Crippen molar-refractivity contribution < 1.29 is 18.7 Å². The highest BCUT2D eigenvalue weighted by Crippen LogP contribution is 2.29. The molecule has 2 N–H and O–H groups in total. The Morgan fingerprint density at radius 1 is 1.19 bits per heavy atom. The van der Waals surface area contributed by atoms with Gasteiger partial charge < -0.3 is 14.8 Å². The third-order valence-corrected chi connectivity index (χ3v) is 4.84. The fraction of sp³-hybridized carbons (Fsp3) is 0.100. The number of nitrogens with one attached hydrogen (secondary N) is 2. The van der Waals surface area contributed by atoms with Gasteiger partial charge in [-0.15, -0.1) is 5.10 Å². The number of H-pyrrole nitrogens is 1. The number of rotatable bonds is 6. The molecule has 158 valence electrons. The van der Waals surface area contributed by atoms with Crippen molar-refractivity contribution in [2.45, 2.75) is 6.61 Å². The predicted molar refractivity (Wildman–Crippen MR) is 113 cm³/mol. The highest BCUT2D eigenvalue weighted by atomic mass is 35.5. The van der Waals surface area contributed by atoms with Crippen LogP contribution in [0.2, 0.25) is 10.2 Å². The van der Waals surface area contributed by atoms with Crippen molar-refractivity contribution in [3.8, 4) is 11.6 Å². The number of methoxy groups -OCH3 is 1. The Morgan fingerprint density at radius 3 is 2.77 bits per heavy atom. The number of nitrogens with zero attached hydrogens (tertiary/aromatic N) is 3. The molecule has 1 aromatic carbocycles. The lowest BCUT2D eigenvalue weighted by molar-refractivity contribution is 0.102. The van der Waals surface area contributed by atoms with Crippen LogP contribution in [0.5, 0.6) is 11.6 Å². The highest BCUT2D eigenvalue weighted by Gasteiger charge is 2.21. The van der Waals surface area contributed by atoms with Crippen molar-refractivity contribution in [3.05, 3.63) is 69.8 Å². The number of pyridine rings is 2. The minimum absolute atomic E-state index is 0.0324. The molecule has 0 radical (unpaired) electrons. The van der Waals surface area contributed by atoms with Gasteiger partial charge in [0.25, 0.3) is 5.91 Å². The molecule has 0 unspecified atom stereocenters. The van der Waals surface area contributed by atoms with E-state index in [4.69, 9.17) is 32.7 Å². The number of carbonyl (C=O) groups is 1. The largest absolute Gasteiger partial charge is 0.486 e. The summed E-state index contributed by atoms with van der Waals surface area (Å²) in [5, 5.41) is 10.1. The maximum Gasteiger partial charge on any atom is 0.260 e. The zero-order chi connectivity index (χ0) is 22.0. The first-order valence-corrected chi connectivity index (χ1v) is 9.62. The number of aromatic amines is 1. The number of anilines is 1. The van der Waals surface area contributed by atoms with E-state index in [0.29, 0.717) is 33.3 Å². The van der Waals surface area contributed by atoms with Crippen molar-refractivity contribution in [3.63, 3.8) is 0 Å². The van der Waals surface area contributed by atoms with Crippen LogP contribution in [0.1, 0.15) is 15.9 Å². The third-order valence-electron chi connectivity index (χ3n) is 4.30. The molecule has 0 atom stereocenters. The monoisotopic (exact) mass is 461 g/mol. The molecule has 0 saturated heterocycles. The van der Waals surface area contributed by atoms with Crippen molar-refractivity contribution in [2.75, 3.05) is 12.4 Å². The Bertz CT molecular complexity index is 1260. The van der Waals surface area contributed by atoms with Crippen LogP contribution in [0.4, 0.5) is 10.1 Å². The fourth-order valence-corrected chi connectivity index (χ4v) is 3.15. The van der Waals surface area contributed by atoms with Crippen molar-refractivity contribution in [1.29, 1.82) is 0 Å². The molecule has 0 bridgehead atoms. The van der Waals surface area contributed by atoms with Gasteiger partial charge >= 0.3 is 0 Å². The maximum atomic E-state index is 15.0. The van der Waals surface area contributed by atoms with E-state index in [-0.39, 0.29) is 22.9 Å². The summed E-state index contributed by atoms with van der Waals surface area (Å²) >= 11 is 11.8. The molecule has 0 aliphatic heterocycles. The SMILES string of the molecule is COc1n[nH]c2ncc(NC(=O)c3c(Cl)ccc(OCc4ccc(Cl)nc4)c3F)cc12. The van der Waals surface area contributed by atoms with Gasteiger partial charge in [0, 0.05) is 11.8 Å². The number of aromatic nitrogens is 4. The molecule has 4 rings (SSSR count). The van der Waals surface area contributed by atoms with Crippen LogP contribution >= 0.6 is 23.2 Å². The summed E-state index contributed by atoms with van der Waals surface area (Å²) in [7, 11) is 1.46. The van der Waals surface area contributed by atoms with E-state index in [0.717, 1.165) is 0 Å². The second kappa shape index (κ2) is 8.75. The van der Waals surface area contributed by atoms with Gasteiger partial charge in [-0.2, -0.15) is 0 Å². The number of halogens is 3. The molecular formula is C20H14Cl2FN5O3. The molecular weight excluding hydrogens is 448 g/mol. The van der Waals surface area contributed by atoms with Gasteiger partial charge in [0.15, 0.2) is 17.2 Å². The highest BCUT2D eigenvalue weighted by molar-refractivity contribution is 6.34. The van der Waals surface area contributed by atoms with E-state index in [1.54, 1.807) is 18.2 Å². The van der Waals surface area contributed by atoms with E-state index < -0.39 is 11.7 Å². The lowest BCUT2D eigenvalue weighted by atomic mass is 10.1. The zero-order valence-electron chi connectivity index (χ0n) is 15.9. The normalized spacial score (nSPS) is 10.8. The van der Waals surface area contributed by atoms with Crippen LogP contribution in [0, 0.1) is 5.82 Å². The Labute approximate surface area is 185 Å². The van der Waals surface area contributed by atoms with Gasteiger partial charge in [0.2, 0.25) is 5.88 Å². The molecule has 0 aliphatic carbocycles. The van der Waals surface area contributed by atoms with Gasteiger partial charge in [0.1, 0.15) is 11.8 Å². The molecule has 4 aromatic rings. The van der Waals surface area contributed by atoms with Gasteiger partial charge in [-0.1, -0.05) is 29.3 Å². The molecule has 3 heterocycles. The molecule has 0 spiro atoms. The smallest absolute Gasteiger partial charge is 0.260 e. The maximum absolute atomic E-state index is 15.0. The summed E-state index contributed by atoms with van der Waals surface area (Å²) in [5.41, 5.74) is 1.11. The minimum Gasteiger partial charge on any atom is -0.486 e. The molecule has 31 heavy (non-hydrogen) atoms. The number of benzene rings is 1. The van der Waals surface area contributed by atoms with E-state index >= 15 is 4.39 Å². The van der Waals surface area contributed by atoms with E-state index in [1.165, 1.54) is 31.6 Å². The van der Waals surface area contributed by atoms with Crippen LogP contribution in [-0.2, 0) is 6.61 Å². The topological polar surface area (TPSA) is 102 Å². The Morgan fingerprint density at radius 2 is 2.03 bits per heavy atom.